The molecule has 1 aromatic rings. The van der Waals surface area contributed by atoms with Gasteiger partial charge in [-0.2, -0.15) is 5.10 Å². The van der Waals surface area contributed by atoms with Crippen molar-refractivity contribution in [3.63, 3.8) is 0 Å². The van der Waals surface area contributed by atoms with Crippen LogP contribution in [0.3, 0.4) is 0 Å². The van der Waals surface area contributed by atoms with E-state index in [1.54, 1.807) is 0 Å². The number of nitrogens with one attached hydrogen (secondary N) is 1. The van der Waals surface area contributed by atoms with E-state index in [2.05, 4.69) is 32.8 Å². The van der Waals surface area contributed by atoms with Crippen LogP contribution < -0.4 is 0 Å². The highest BCUT2D eigenvalue weighted by atomic mass is 127. The molecule has 2 atom stereocenters. The maximum absolute atomic E-state index is 12.2. The summed E-state index contributed by atoms with van der Waals surface area (Å²) in [5.74, 6) is 1.04. The van der Waals surface area contributed by atoms with Crippen molar-refractivity contribution < 1.29 is 9.53 Å². The summed E-state index contributed by atoms with van der Waals surface area (Å²) in [7, 11) is 0. The quantitative estimate of drug-likeness (QED) is 0.695. The smallest absolute Gasteiger partial charge is 0.410 e. The molecule has 0 radical (unpaired) electrons. The highest BCUT2D eigenvalue weighted by molar-refractivity contribution is 14.1. The number of H-pyrrole nitrogens is 1. The van der Waals surface area contributed by atoms with Gasteiger partial charge in [0.15, 0.2) is 0 Å². The molecule has 1 aliphatic carbocycles. The van der Waals surface area contributed by atoms with Crippen molar-refractivity contribution in [3.05, 3.63) is 15.0 Å². The van der Waals surface area contributed by atoms with Crippen molar-refractivity contribution in [1.82, 2.24) is 15.1 Å². The molecule has 1 aromatic heterocycles. The molecule has 110 valence electrons. The molecule has 0 aromatic carbocycles. The van der Waals surface area contributed by atoms with E-state index in [9.17, 15) is 4.79 Å². The number of fused-ring (bicyclic) bond motifs is 3. The van der Waals surface area contributed by atoms with Crippen molar-refractivity contribution in [3.8, 4) is 0 Å². The summed E-state index contributed by atoms with van der Waals surface area (Å²) in [5, 5.41) is 7.44. The fourth-order valence-corrected chi connectivity index (χ4v) is 3.81. The van der Waals surface area contributed by atoms with E-state index in [1.165, 1.54) is 11.3 Å². The molecule has 0 spiro atoms. The third-order valence-corrected chi connectivity index (χ3v) is 4.99. The Hall–Kier alpha value is -0.790. The summed E-state index contributed by atoms with van der Waals surface area (Å²) >= 11 is 2.28. The molecular weight excluding hydrogens is 369 g/mol. The van der Waals surface area contributed by atoms with Gasteiger partial charge in [0.25, 0.3) is 0 Å². The van der Waals surface area contributed by atoms with Crippen LogP contribution in [-0.2, 0) is 11.2 Å². The van der Waals surface area contributed by atoms with Gasteiger partial charge in [0.1, 0.15) is 9.30 Å². The van der Waals surface area contributed by atoms with Crippen LogP contribution in [0.25, 0.3) is 0 Å². The zero-order chi connectivity index (χ0) is 14.5. The summed E-state index contributed by atoms with van der Waals surface area (Å²) in [4.78, 5) is 14.0. The predicted octanol–water partition coefficient (Wildman–Crippen LogP) is 2.91. The van der Waals surface area contributed by atoms with Gasteiger partial charge >= 0.3 is 6.09 Å². The third kappa shape index (κ3) is 2.54. The lowest BCUT2D eigenvalue weighted by atomic mass is 9.88. The molecule has 2 heterocycles. The predicted molar refractivity (Wildman–Crippen MR) is 83.7 cm³/mol. The fraction of sp³-hybridized carbons (Fsp3) is 0.714. The van der Waals surface area contributed by atoms with E-state index >= 15 is 0 Å². The molecular formula is C14H20IN3O2. The number of carbonyl (C=O) groups is 1. The van der Waals surface area contributed by atoms with Crippen molar-refractivity contribution in [2.45, 2.75) is 45.1 Å². The Morgan fingerprint density at radius 2 is 2.25 bits per heavy atom. The van der Waals surface area contributed by atoms with Gasteiger partial charge in [-0.1, -0.05) is 0 Å². The second-order valence-corrected chi connectivity index (χ2v) is 7.71. The van der Waals surface area contributed by atoms with Gasteiger partial charge in [-0.3, -0.25) is 5.10 Å². The van der Waals surface area contributed by atoms with Gasteiger partial charge in [0.05, 0.1) is 0 Å². The van der Waals surface area contributed by atoms with Gasteiger partial charge < -0.3 is 9.64 Å². The second kappa shape index (κ2) is 4.89. The molecule has 1 N–H and O–H groups in total. The maximum Gasteiger partial charge on any atom is 0.410 e. The Morgan fingerprint density at radius 3 is 2.95 bits per heavy atom. The number of amides is 1. The van der Waals surface area contributed by atoms with Crippen LogP contribution in [0.2, 0.25) is 0 Å². The molecule has 1 saturated heterocycles. The highest BCUT2D eigenvalue weighted by Crippen LogP contribution is 2.43. The number of hydrogen-bond donors (Lipinski definition) is 1. The minimum atomic E-state index is -0.432. The van der Waals surface area contributed by atoms with Crippen molar-refractivity contribution >= 4 is 28.7 Å². The fourth-order valence-electron chi connectivity index (χ4n) is 3.18. The number of carbonyl (C=O) groups excluding carboxylic acids is 1. The Labute approximate surface area is 132 Å². The van der Waals surface area contributed by atoms with Crippen LogP contribution in [0.5, 0.6) is 0 Å². The Kier molecular flexibility index (Phi) is 3.46. The zero-order valence-electron chi connectivity index (χ0n) is 12.1. The first-order chi connectivity index (χ1) is 9.35. The van der Waals surface area contributed by atoms with Gasteiger partial charge in [-0.25, -0.2) is 4.79 Å². The number of rotatable bonds is 0. The first-order valence-corrected chi connectivity index (χ1v) is 8.13. The number of ether oxygens (including phenoxy) is 1. The van der Waals surface area contributed by atoms with Crippen LogP contribution >= 0.6 is 22.6 Å². The topological polar surface area (TPSA) is 58.2 Å². The van der Waals surface area contributed by atoms with Gasteiger partial charge in [-0.05, 0) is 62.1 Å². The number of likely N-dealkylation sites (tertiary alicyclic amines) is 1. The van der Waals surface area contributed by atoms with E-state index < -0.39 is 5.60 Å². The van der Waals surface area contributed by atoms with Gasteiger partial charge in [0.2, 0.25) is 0 Å². The van der Waals surface area contributed by atoms with Crippen LogP contribution in [0.1, 0.15) is 44.4 Å². The summed E-state index contributed by atoms with van der Waals surface area (Å²) in [5.41, 5.74) is 2.15. The third-order valence-electron chi connectivity index (χ3n) is 4.09. The summed E-state index contributed by atoms with van der Waals surface area (Å²) < 4.78 is 6.56. The lowest BCUT2D eigenvalue weighted by Gasteiger charge is -2.36. The van der Waals surface area contributed by atoms with Crippen LogP contribution in [0.4, 0.5) is 4.79 Å². The van der Waals surface area contributed by atoms with Crippen molar-refractivity contribution in [1.29, 1.82) is 0 Å². The average Bonchev–Trinajstić information content (AvgIpc) is 2.87. The van der Waals surface area contributed by atoms with E-state index in [1.807, 2.05) is 25.7 Å². The van der Waals surface area contributed by atoms with Crippen LogP contribution in [-0.4, -0.2) is 39.9 Å². The zero-order valence-corrected chi connectivity index (χ0v) is 14.2. The van der Waals surface area contributed by atoms with E-state index in [-0.39, 0.29) is 6.09 Å². The molecule has 2 aliphatic rings. The van der Waals surface area contributed by atoms with Gasteiger partial charge in [0, 0.05) is 30.3 Å². The maximum atomic E-state index is 12.2. The van der Waals surface area contributed by atoms with Crippen LogP contribution in [0, 0.1) is 9.62 Å². The standard InChI is InChI=1S/C14H20IN3O2/c1-14(2,3)20-13(19)18-5-4-8-6-9-11(10(8)7-18)16-17-12(9)15/h8,10H,4-7H2,1-3H3,(H,16,17). The highest BCUT2D eigenvalue weighted by Gasteiger charge is 2.41. The van der Waals surface area contributed by atoms with E-state index in [4.69, 9.17) is 4.74 Å². The Balaban J connectivity index is 1.73. The normalized spacial score (nSPS) is 25.3. The minimum absolute atomic E-state index is 0.196. The number of nitrogens with zero attached hydrogens (tertiary/aromatic N) is 2. The molecule has 5 nitrogen and oxygen atoms in total. The average molecular weight is 389 g/mol. The number of piperidine rings is 1. The van der Waals surface area contributed by atoms with E-state index in [0.717, 1.165) is 29.6 Å². The van der Waals surface area contributed by atoms with Crippen LogP contribution in [0.15, 0.2) is 0 Å². The molecule has 20 heavy (non-hydrogen) atoms. The lowest BCUT2D eigenvalue weighted by molar-refractivity contribution is 0.0164. The summed E-state index contributed by atoms with van der Waals surface area (Å²) in [6.45, 7) is 7.25. The van der Waals surface area contributed by atoms with Crippen molar-refractivity contribution in [2.24, 2.45) is 5.92 Å². The molecule has 3 rings (SSSR count). The Bertz CT molecular complexity index is 535. The van der Waals surface area contributed by atoms with Crippen molar-refractivity contribution in [2.75, 3.05) is 13.1 Å². The second-order valence-electron chi connectivity index (χ2n) is 6.69. The number of aromatic nitrogens is 2. The van der Waals surface area contributed by atoms with E-state index in [0.29, 0.717) is 11.8 Å². The summed E-state index contributed by atoms with van der Waals surface area (Å²) in [6.07, 6.45) is 1.94. The molecule has 1 aliphatic heterocycles. The first kappa shape index (κ1) is 14.2. The van der Waals surface area contributed by atoms with Gasteiger partial charge in [-0.15, -0.1) is 0 Å². The number of halogens is 1. The molecule has 6 heteroatoms. The summed E-state index contributed by atoms with van der Waals surface area (Å²) in [6, 6.07) is 0. The monoisotopic (exact) mass is 389 g/mol. The molecule has 0 saturated carbocycles. The SMILES string of the molecule is CC(C)(C)OC(=O)N1CCC2Cc3c(I)n[nH]c3C2C1. The molecule has 2 unspecified atom stereocenters. The number of hydrogen-bond acceptors (Lipinski definition) is 3. The largest absolute Gasteiger partial charge is 0.444 e. The first-order valence-electron chi connectivity index (χ1n) is 7.05. The molecule has 0 bridgehead atoms. The Morgan fingerprint density at radius 1 is 1.50 bits per heavy atom. The lowest BCUT2D eigenvalue weighted by Crippen LogP contribution is -2.44. The molecule has 1 amide bonds. The number of aromatic amines is 1. The molecule has 1 fully saturated rings. The minimum Gasteiger partial charge on any atom is -0.444 e.